The van der Waals surface area contributed by atoms with E-state index in [1.54, 1.807) is 24.3 Å². The van der Waals surface area contributed by atoms with Gasteiger partial charge in [0.25, 0.3) is 5.91 Å². The molecule has 0 atom stereocenters. The van der Waals surface area contributed by atoms with Crippen LogP contribution >= 0.6 is 0 Å². The van der Waals surface area contributed by atoms with Gasteiger partial charge in [-0.25, -0.2) is 9.97 Å². The van der Waals surface area contributed by atoms with Gasteiger partial charge in [-0.3, -0.25) is 15.6 Å². The number of amides is 1. The Morgan fingerprint density at radius 2 is 1.69 bits per heavy atom. The number of benzene rings is 2. The number of hydrazine groups is 1. The van der Waals surface area contributed by atoms with Gasteiger partial charge in [0.05, 0.1) is 0 Å². The summed E-state index contributed by atoms with van der Waals surface area (Å²) in [4.78, 5) is 20.3. The second-order valence-corrected chi connectivity index (χ2v) is 5.61. The van der Waals surface area contributed by atoms with Crippen molar-refractivity contribution in [2.75, 3.05) is 16.5 Å². The zero-order valence-electron chi connectivity index (χ0n) is 14.4. The van der Waals surface area contributed by atoms with Crippen molar-refractivity contribution in [2.24, 2.45) is 0 Å². The number of nitrogens with zero attached hydrogens (tertiary/aromatic N) is 2. The number of aryl methyl sites for hydroxylation is 1. The second-order valence-electron chi connectivity index (χ2n) is 5.61. The fraction of sp³-hybridized carbons (Fsp3) is 0.105. The van der Waals surface area contributed by atoms with Crippen molar-refractivity contribution >= 4 is 28.9 Å². The van der Waals surface area contributed by atoms with E-state index in [1.165, 1.54) is 11.9 Å². The average Bonchev–Trinajstić information content (AvgIpc) is 2.69. The summed E-state index contributed by atoms with van der Waals surface area (Å²) < 4.78 is 0. The molecule has 2 aromatic carbocycles. The zero-order chi connectivity index (χ0) is 18.4. The summed E-state index contributed by atoms with van der Waals surface area (Å²) in [5.74, 6) is 0.492. The lowest BCUT2D eigenvalue weighted by Gasteiger charge is -2.13. The van der Waals surface area contributed by atoms with Crippen LogP contribution in [0.15, 0.2) is 60.9 Å². The Labute approximate surface area is 151 Å². The maximum atomic E-state index is 12.1. The van der Waals surface area contributed by atoms with E-state index in [0.717, 1.165) is 12.1 Å². The molecule has 1 aromatic heterocycles. The third-order valence-corrected chi connectivity index (χ3v) is 3.84. The number of aromatic nitrogens is 2. The number of rotatable bonds is 6. The van der Waals surface area contributed by atoms with Gasteiger partial charge in [0, 0.05) is 11.3 Å². The van der Waals surface area contributed by atoms with E-state index in [9.17, 15) is 4.79 Å². The molecule has 1 heterocycles. The lowest BCUT2D eigenvalue weighted by Crippen LogP contribution is -2.30. The first kappa shape index (κ1) is 17.2. The van der Waals surface area contributed by atoms with Crippen molar-refractivity contribution in [1.82, 2.24) is 15.4 Å². The van der Waals surface area contributed by atoms with E-state index in [4.69, 9.17) is 5.73 Å². The van der Waals surface area contributed by atoms with Crippen LogP contribution in [0.25, 0.3) is 0 Å². The molecule has 7 heteroatoms. The smallest absolute Gasteiger partial charge is 0.269 e. The second kappa shape index (κ2) is 7.98. The van der Waals surface area contributed by atoms with E-state index in [2.05, 4.69) is 33.1 Å². The molecule has 0 fully saturated rings. The highest BCUT2D eigenvalue weighted by atomic mass is 16.2. The molecule has 0 aliphatic carbocycles. The van der Waals surface area contributed by atoms with Crippen molar-refractivity contribution in [1.29, 1.82) is 0 Å². The molecule has 0 radical (unpaired) electrons. The highest BCUT2D eigenvalue weighted by Gasteiger charge is 2.10. The molecule has 3 rings (SSSR count). The Hall–Kier alpha value is -3.61. The fourth-order valence-electron chi connectivity index (χ4n) is 2.33. The molecule has 0 aliphatic heterocycles. The summed E-state index contributed by atoms with van der Waals surface area (Å²) in [6.07, 6.45) is 2.35. The molecule has 0 saturated heterocycles. The van der Waals surface area contributed by atoms with E-state index in [1.807, 2.05) is 30.3 Å². The normalized spacial score (nSPS) is 10.2. The van der Waals surface area contributed by atoms with E-state index in [-0.39, 0.29) is 5.91 Å². The van der Waals surface area contributed by atoms with Crippen LogP contribution in [0.5, 0.6) is 0 Å². The maximum Gasteiger partial charge on any atom is 0.269 e. The van der Waals surface area contributed by atoms with Gasteiger partial charge in [-0.15, -0.1) is 0 Å². The minimum absolute atomic E-state index is 0.284. The first-order chi connectivity index (χ1) is 12.7. The minimum atomic E-state index is -0.284. The largest absolute Gasteiger partial charge is 0.393 e. The van der Waals surface area contributed by atoms with Crippen molar-refractivity contribution in [3.05, 3.63) is 72.1 Å². The molecule has 3 aromatic rings. The van der Waals surface area contributed by atoms with Gasteiger partial charge in [0.1, 0.15) is 12.0 Å². The van der Waals surface area contributed by atoms with E-state index < -0.39 is 0 Å². The molecular weight excluding hydrogens is 328 g/mol. The lowest BCUT2D eigenvalue weighted by atomic mass is 10.1. The van der Waals surface area contributed by atoms with Crippen LogP contribution in [0.3, 0.4) is 0 Å². The summed E-state index contributed by atoms with van der Waals surface area (Å²) in [6.45, 7) is 2.10. The Balaban J connectivity index is 1.69. The topological polar surface area (TPSA) is 105 Å². The Kier molecular flexibility index (Phi) is 5.28. The summed E-state index contributed by atoms with van der Waals surface area (Å²) in [7, 11) is 0. The number of anilines is 4. The number of carbonyl (C=O) groups excluding carboxylic acids is 1. The van der Waals surface area contributed by atoms with Crippen molar-refractivity contribution < 1.29 is 4.79 Å². The van der Waals surface area contributed by atoms with Gasteiger partial charge in [0.2, 0.25) is 0 Å². The van der Waals surface area contributed by atoms with Crippen LogP contribution < -0.4 is 21.9 Å². The van der Waals surface area contributed by atoms with Gasteiger partial charge in [-0.05, 0) is 36.2 Å². The van der Waals surface area contributed by atoms with Crippen molar-refractivity contribution in [3.63, 3.8) is 0 Å². The fourth-order valence-corrected chi connectivity index (χ4v) is 2.33. The number of hydrogen-bond acceptors (Lipinski definition) is 6. The standard InChI is InChI=1S/C19H20N6O/c1-2-13-8-10-15(11-9-13)23-17-16(20)18(22-12-21-17)24-25-19(26)14-6-4-3-5-7-14/h3-12H,2,20H2,1H3,(H,25,26)(H2,21,22,23,24). The third-order valence-electron chi connectivity index (χ3n) is 3.84. The van der Waals surface area contributed by atoms with Crippen LogP contribution in [0.2, 0.25) is 0 Å². The lowest BCUT2D eigenvalue weighted by molar-refractivity contribution is 0.0962. The number of nitrogen functional groups attached to an aromatic ring is 1. The van der Waals surface area contributed by atoms with Crippen molar-refractivity contribution in [2.45, 2.75) is 13.3 Å². The number of nitrogens with two attached hydrogens (primary N) is 1. The molecule has 26 heavy (non-hydrogen) atoms. The summed E-state index contributed by atoms with van der Waals surface area (Å²) in [5.41, 5.74) is 14.4. The molecule has 0 aliphatic rings. The third kappa shape index (κ3) is 4.07. The minimum Gasteiger partial charge on any atom is -0.393 e. The summed E-state index contributed by atoms with van der Waals surface area (Å²) in [6, 6.07) is 16.9. The van der Waals surface area contributed by atoms with Crippen LogP contribution in [0.1, 0.15) is 22.8 Å². The monoisotopic (exact) mass is 348 g/mol. The average molecular weight is 348 g/mol. The van der Waals surface area contributed by atoms with Gasteiger partial charge in [-0.2, -0.15) is 0 Å². The molecule has 1 amide bonds. The van der Waals surface area contributed by atoms with Crippen LogP contribution in [0.4, 0.5) is 23.0 Å². The Morgan fingerprint density at radius 3 is 2.38 bits per heavy atom. The maximum absolute atomic E-state index is 12.1. The van der Waals surface area contributed by atoms with Crippen LogP contribution in [-0.4, -0.2) is 15.9 Å². The van der Waals surface area contributed by atoms with Gasteiger partial charge >= 0.3 is 0 Å². The first-order valence-corrected chi connectivity index (χ1v) is 8.25. The summed E-state index contributed by atoms with van der Waals surface area (Å²) in [5, 5.41) is 3.15. The number of carbonyl (C=O) groups is 1. The molecule has 0 saturated carbocycles. The molecule has 7 nitrogen and oxygen atoms in total. The molecule has 0 bridgehead atoms. The van der Waals surface area contributed by atoms with E-state index >= 15 is 0 Å². The molecule has 132 valence electrons. The highest BCUT2D eigenvalue weighted by molar-refractivity contribution is 5.95. The van der Waals surface area contributed by atoms with Gasteiger partial charge < -0.3 is 11.1 Å². The van der Waals surface area contributed by atoms with Gasteiger partial charge in [0.15, 0.2) is 11.6 Å². The zero-order valence-corrected chi connectivity index (χ0v) is 14.4. The number of nitrogens with one attached hydrogen (secondary N) is 3. The molecular formula is C19H20N6O. The van der Waals surface area contributed by atoms with Gasteiger partial charge in [-0.1, -0.05) is 37.3 Å². The molecule has 0 unspecified atom stereocenters. The van der Waals surface area contributed by atoms with Crippen LogP contribution in [0, 0.1) is 0 Å². The quantitative estimate of drug-likeness (QED) is 0.510. The summed E-state index contributed by atoms with van der Waals surface area (Å²) >= 11 is 0. The molecule has 5 N–H and O–H groups in total. The van der Waals surface area contributed by atoms with Crippen molar-refractivity contribution in [3.8, 4) is 0 Å². The number of hydrogen-bond donors (Lipinski definition) is 4. The predicted octanol–water partition coefficient (Wildman–Crippen LogP) is 3.12. The Bertz CT molecular complexity index is 880. The predicted molar refractivity (Wildman–Crippen MR) is 103 cm³/mol. The highest BCUT2D eigenvalue weighted by Crippen LogP contribution is 2.25. The molecule has 0 spiro atoms. The first-order valence-electron chi connectivity index (χ1n) is 8.25. The van der Waals surface area contributed by atoms with Crippen LogP contribution in [-0.2, 0) is 6.42 Å². The Morgan fingerprint density at radius 1 is 1.00 bits per heavy atom. The van der Waals surface area contributed by atoms with E-state index in [0.29, 0.717) is 22.9 Å². The SMILES string of the molecule is CCc1ccc(Nc2ncnc(NNC(=O)c3ccccc3)c2N)cc1.